The lowest BCUT2D eigenvalue weighted by Crippen LogP contribution is -2.49. The Morgan fingerprint density at radius 2 is 2.31 bits per heavy atom. The fraction of sp³-hybridized carbons (Fsp3) is 0.800. The Morgan fingerprint density at radius 3 is 2.94 bits per heavy atom. The van der Waals surface area contributed by atoms with Crippen molar-refractivity contribution in [3.05, 3.63) is 11.9 Å². The van der Waals surface area contributed by atoms with Gasteiger partial charge in [0.25, 0.3) is 0 Å². The third kappa shape index (κ3) is 2.17. The molecular formula is C10H18N4OS. The Balaban J connectivity index is 2.06. The van der Waals surface area contributed by atoms with E-state index in [1.54, 1.807) is 10.9 Å². The normalized spacial score (nSPS) is 31.8. The summed E-state index contributed by atoms with van der Waals surface area (Å²) in [6.07, 6.45) is 1.79. The zero-order chi connectivity index (χ0) is 11.7. The highest BCUT2D eigenvalue weighted by molar-refractivity contribution is 7.85. The number of nitrogens with zero attached hydrogens (tertiary/aromatic N) is 4. The van der Waals surface area contributed by atoms with Crippen molar-refractivity contribution >= 4 is 10.8 Å². The molecule has 0 amide bonds. The molecule has 1 aliphatic heterocycles. The number of hydrogen-bond donors (Lipinski definition) is 0. The summed E-state index contributed by atoms with van der Waals surface area (Å²) in [6, 6.07) is 0.351. The predicted octanol–water partition coefficient (Wildman–Crippen LogP) is 0.156. The summed E-state index contributed by atoms with van der Waals surface area (Å²) in [5.74, 6) is 0.775. The molecule has 1 saturated heterocycles. The minimum absolute atomic E-state index is 0.245. The van der Waals surface area contributed by atoms with Gasteiger partial charge in [-0.3, -0.25) is 13.8 Å². The maximum Gasteiger partial charge on any atom is 0.0738 e. The van der Waals surface area contributed by atoms with Crippen molar-refractivity contribution in [3.8, 4) is 0 Å². The number of aromatic nitrogens is 3. The number of hydrogen-bond acceptors (Lipinski definition) is 4. The van der Waals surface area contributed by atoms with Crippen molar-refractivity contribution in [2.45, 2.75) is 31.7 Å². The number of rotatable bonds is 2. The molecule has 5 nitrogen and oxygen atoms in total. The van der Waals surface area contributed by atoms with Crippen LogP contribution in [-0.2, 0) is 24.4 Å². The Hall–Kier alpha value is -0.750. The standard InChI is InChI=1S/C10H18N4OS/c1-8-9(2)16(15)5-4-14(8)7-10-6-11-12-13(10)3/h6,8-9H,4-5,7H2,1-3H3. The number of aryl methyl sites for hydroxylation is 1. The van der Waals surface area contributed by atoms with E-state index >= 15 is 0 Å². The zero-order valence-electron chi connectivity index (χ0n) is 9.96. The second-order valence-electron chi connectivity index (χ2n) is 4.35. The van der Waals surface area contributed by atoms with E-state index in [4.69, 9.17) is 0 Å². The van der Waals surface area contributed by atoms with Crippen molar-refractivity contribution < 1.29 is 4.21 Å². The van der Waals surface area contributed by atoms with Crippen molar-refractivity contribution in [2.75, 3.05) is 12.3 Å². The first-order valence-electron chi connectivity index (χ1n) is 5.54. The smallest absolute Gasteiger partial charge is 0.0738 e. The molecule has 1 aromatic heterocycles. The molecule has 1 fully saturated rings. The quantitative estimate of drug-likeness (QED) is 0.741. The first-order chi connectivity index (χ1) is 7.59. The average Bonchev–Trinajstić information content (AvgIpc) is 2.65. The molecule has 6 heteroatoms. The van der Waals surface area contributed by atoms with E-state index in [-0.39, 0.29) is 5.25 Å². The second kappa shape index (κ2) is 4.63. The van der Waals surface area contributed by atoms with Crippen LogP contribution in [0.5, 0.6) is 0 Å². The Kier molecular flexibility index (Phi) is 3.39. The summed E-state index contributed by atoms with van der Waals surface area (Å²) in [4.78, 5) is 2.35. The van der Waals surface area contributed by atoms with Gasteiger partial charge in [0, 0.05) is 48.0 Å². The molecule has 0 spiro atoms. The third-order valence-electron chi connectivity index (χ3n) is 3.42. The van der Waals surface area contributed by atoms with Crippen LogP contribution in [0.2, 0.25) is 0 Å². The Labute approximate surface area is 98.3 Å². The summed E-state index contributed by atoms with van der Waals surface area (Å²) < 4.78 is 13.5. The molecule has 90 valence electrons. The van der Waals surface area contributed by atoms with Crippen LogP contribution in [0.25, 0.3) is 0 Å². The largest absolute Gasteiger partial charge is 0.293 e. The van der Waals surface area contributed by atoms with Crippen LogP contribution < -0.4 is 0 Å². The summed E-state index contributed by atoms with van der Waals surface area (Å²) >= 11 is 0. The molecule has 3 unspecified atom stereocenters. The molecule has 0 saturated carbocycles. The molecule has 3 atom stereocenters. The molecule has 0 aromatic carbocycles. The lowest BCUT2D eigenvalue weighted by atomic mass is 10.2. The van der Waals surface area contributed by atoms with Crippen LogP contribution in [0.15, 0.2) is 6.20 Å². The van der Waals surface area contributed by atoms with Crippen molar-refractivity contribution in [1.82, 2.24) is 19.9 Å². The topological polar surface area (TPSA) is 51.0 Å². The van der Waals surface area contributed by atoms with Gasteiger partial charge in [0.15, 0.2) is 0 Å². The van der Waals surface area contributed by atoms with E-state index < -0.39 is 10.8 Å². The van der Waals surface area contributed by atoms with Gasteiger partial charge < -0.3 is 0 Å². The first kappa shape index (κ1) is 11.7. The highest BCUT2D eigenvalue weighted by atomic mass is 32.2. The summed E-state index contributed by atoms with van der Waals surface area (Å²) in [5.41, 5.74) is 1.10. The highest BCUT2D eigenvalue weighted by Crippen LogP contribution is 2.18. The second-order valence-corrected chi connectivity index (χ2v) is 6.26. The summed E-state index contributed by atoms with van der Waals surface area (Å²) in [6.45, 7) is 5.94. The van der Waals surface area contributed by atoms with Crippen LogP contribution >= 0.6 is 0 Å². The average molecular weight is 242 g/mol. The van der Waals surface area contributed by atoms with Gasteiger partial charge in [-0.1, -0.05) is 5.21 Å². The lowest BCUT2D eigenvalue weighted by Gasteiger charge is -2.36. The predicted molar refractivity (Wildman–Crippen MR) is 63.3 cm³/mol. The fourth-order valence-corrected chi connectivity index (χ4v) is 3.40. The monoisotopic (exact) mass is 242 g/mol. The molecule has 0 bridgehead atoms. The van der Waals surface area contributed by atoms with E-state index in [9.17, 15) is 4.21 Å². The van der Waals surface area contributed by atoms with Gasteiger partial charge in [0.05, 0.1) is 11.9 Å². The van der Waals surface area contributed by atoms with Crippen LogP contribution in [0.4, 0.5) is 0 Å². The van der Waals surface area contributed by atoms with E-state index in [0.717, 1.165) is 24.5 Å². The molecule has 0 N–H and O–H groups in total. The molecule has 2 heterocycles. The molecule has 1 aromatic rings. The van der Waals surface area contributed by atoms with Gasteiger partial charge in [-0.25, -0.2) is 0 Å². The highest BCUT2D eigenvalue weighted by Gasteiger charge is 2.30. The Bertz CT molecular complexity index is 392. The van der Waals surface area contributed by atoms with Gasteiger partial charge >= 0.3 is 0 Å². The van der Waals surface area contributed by atoms with E-state index in [2.05, 4.69) is 29.1 Å². The molecule has 2 rings (SSSR count). The minimum atomic E-state index is -0.669. The van der Waals surface area contributed by atoms with Crippen molar-refractivity contribution in [3.63, 3.8) is 0 Å². The van der Waals surface area contributed by atoms with E-state index in [1.165, 1.54) is 0 Å². The summed E-state index contributed by atoms with van der Waals surface area (Å²) in [7, 11) is 1.23. The van der Waals surface area contributed by atoms with E-state index in [1.807, 2.05) is 7.05 Å². The van der Waals surface area contributed by atoms with Crippen LogP contribution in [-0.4, -0.2) is 47.7 Å². The Morgan fingerprint density at radius 1 is 1.56 bits per heavy atom. The lowest BCUT2D eigenvalue weighted by molar-refractivity contribution is 0.196. The van der Waals surface area contributed by atoms with Crippen LogP contribution in [0.1, 0.15) is 19.5 Å². The van der Waals surface area contributed by atoms with Crippen molar-refractivity contribution in [2.24, 2.45) is 7.05 Å². The molecular weight excluding hydrogens is 224 g/mol. The third-order valence-corrected chi connectivity index (χ3v) is 5.23. The summed E-state index contributed by atoms with van der Waals surface area (Å²) in [5, 5.41) is 8.04. The molecule has 16 heavy (non-hydrogen) atoms. The zero-order valence-corrected chi connectivity index (χ0v) is 10.8. The maximum atomic E-state index is 11.7. The maximum absolute atomic E-state index is 11.7. The van der Waals surface area contributed by atoms with Crippen LogP contribution in [0.3, 0.4) is 0 Å². The minimum Gasteiger partial charge on any atom is -0.293 e. The van der Waals surface area contributed by atoms with Gasteiger partial charge in [-0.15, -0.1) is 5.10 Å². The van der Waals surface area contributed by atoms with Crippen LogP contribution in [0, 0.1) is 0 Å². The van der Waals surface area contributed by atoms with E-state index in [0.29, 0.717) is 6.04 Å². The van der Waals surface area contributed by atoms with Gasteiger partial charge in [-0.05, 0) is 13.8 Å². The van der Waals surface area contributed by atoms with Gasteiger partial charge in [0.2, 0.25) is 0 Å². The fourth-order valence-electron chi connectivity index (χ4n) is 2.00. The molecule has 1 aliphatic rings. The first-order valence-corrected chi connectivity index (χ1v) is 6.92. The molecule has 0 radical (unpaired) electrons. The van der Waals surface area contributed by atoms with Crippen molar-refractivity contribution in [1.29, 1.82) is 0 Å². The molecule has 0 aliphatic carbocycles. The van der Waals surface area contributed by atoms with Gasteiger partial charge in [0.1, 0.15) is 0 Å². The van der Waals surface area contributed by atoms with Gasteiger partial charge in [-0.2, -0.15) is 0 Å². The SMILES string of the molecule is CC1C(C)S(=O)CCN1Cc1cnnn1C.